The molecular formula is C11H21NS. The molecule has 1 saturated carbocycles. The molecule has 1 rings (SSSR count). The van der Waals surface area contributed by atoms with Crippen LogP contribution in [-0.4, -0.2) is 29.8 Å². The molecule has 0 saturated heterocycles. The van der Waals surface area contributed by atoms with Crippen LogP contribution in [0.25, 0.3) is 0 Å². The van der Waals surface area contributed by atoms with Crippen molar-refractivity contribution in [3.8, 4) is 0 Å². The molecule has 76 valence electrons. The maximum atomic E-state index is 4.16. The lowest BCUT2D eigenvalue weighted by Gasteiger charge is -2.22. The maximum absolute atomic E-state index is 4.16. The van der Waals surface area contributed by atoms with Crippen molar-refractivity contribution in [2.75, 3.05) is 18.8 Å². The zero-order valence-electron chi connectivity index (χ0n) is 8.74. The second kappa shape index (κ2) is 5.71. The van der Waals surface area contributed by atoms with Crippen molar-refractivity contribution in [1.82, 2.24) is 4.90 Å². The summed E-state index contributed by atoms with van der Waals surface area (Å²) < 4.78 is 0. The smallest absolute Gasteiger partial charge is 0.0166 e. The summed E-state index contributed by atoms with van der Waals surface area (Å²) in [4.78, 5) is 2.59. The van der Waals surface area contributed by atoms with Crippen molar-refractivity contribution in [2.24, 2.45) is 5.92 Å². The van der Waals surface area contributed by atoms with Gasteiger partial charge in [-0.25, -0.2) is 0 Å². The Kier molecular flexibility index (Phi) is 4.89. The predicted molar refractivity (Wildman–Crippen MR) is 62.4 cm³/mol. The van der Waals surface area contributed by atoms with Crippen molar-refractivity contribution in [1.29, 1.82) is 0 Å². The van der Waals surface area contributed by atoms with Crippen LogP contribution in [0.2, 0.25) is 0 Å². The molecule has 13 heavy (non-hydrogen) atoms. The molecule has 0 spiro atoms. The molecule has 1 aliphatic carbocycles. The molecule has 0 aromatic heterocycles. The van der Waals surface area contributed by atoms with Crippen molar-refractivity contribution < 1.29 is 0 Å². The summed E-state index contributed by atoms with van der Waals surface area (Å²) in [6, 6.07) is 0.881. The number of hydrogen-bond donors (Lipinski definition) is 1. The van der Waals surface area contributed by atoms with E-state index in [9.17, 15) is 0 Å². The summed E-state index contributed by atoms with van der Waals surface area (Å²) in [5.74, 6) is 1.64. The molecule has 0 unspecified atom stereocenters. The van der Waals surface area contributed by atoms with E-state index in [2.05, 4.69) is 43.5 Å². The second-order valence-electron chi connectivity index (χ2n) is 4.23. The molecular weight excluding hydrogens is 178 g/mol. The third-order valence-corrected chi connectivity index (χ3v) is 2.49. The largest absolute Gasteiger partial charge is 0.296 e. The number of rotatable bonds is 6. The Bertz CT molecular complexity index is 161. The monoisotopic (exact) mass is 199 g/mol. The minimum atomic E-state index is 0.782. The van der Waals surface area contributed by atoms with Gasteiger partial charge in [-0.05, 0) is 18.8 Å². The highest BCUT2D eigenvalue weighted by molar-refractivity contribution is 7.80. The van der Waals surface area contributed by atoms with Crippen LogP contribution < -0.4 is 0 Å². The summed E-state index contributed by atoms with van der Waals surface area (Å²) in [5, 5.41) is 0. The number of nitrogens with zero attached hydrogens (tertiary/aromatic N) is 1. The van der Waals surface area contributed by atoms with E-state index < -0.39 is 0 Å². The first-order chi connectivity index (χ1) is 6.24. The van der Waals surface area contributed by atoms with Gasteiger partial charge >= 0.3 is 0 Å². The molecule has 0 atom stereocenters. The third kappa shape index (κ3) is 4.72. The SMILES string of the molecule is CC(C)CN(CC=CCS)C1CC1. The normalized spacial score (nSPS) is 17.9. The van der Waals surface area contributed by atoms with E-state index in [4.69, 9.17) is 0 Å². The second-order valence-corrected chi connectivity index (χ2v) is 4.60. The Balaban J connectivity index is 2.25. The van der Waals surface area contributed by atoms with Crippen LogP contribution in [0.4, 0.5) is 0 Å². The minimum absolute atomic E-state index is 0.782. The zero-order chi connectivity index (χ0) is 9.68. The summed E-state index contributed by atoms with van der Waals surface area (Å²) in [7, 11) is 0. The first-order valence-electron chi connectivity index (χ1n) is 5.24. The van der Waals surface area contributed by atoms with Crippen LogP contribution in [0.1, 0.15) is 26.7 Å². The van der Waals surface area contributed by atoms with Gasteiger partial charge in [0, 0.05) is 24.9 Å². The average Bonchev–Trinajstić information content (AvgIpc) is 2.84. The van der Waals surface area contributed by atoms with Gasteiger partial charge in [0.15, 0.2) is 0 Å². The fourth-order valence-electron chi connectivity index (χ4n) is 1.57. The van der Waals surface area contributed by atoms with E-state index in [1.165, 1.54) is 19.4 Å². The van der Waals surface area contributed by atoms with Crippen LogP contribution in [0, 0.1) is 5.92 Å². The molecule has 0 aromatic rings. The van der Waals surface area contributed by atoms with Gasteiger partial charge in [0.05, 0.1) is 0 Å². The van der Waals surface area contributed by atoms with Crippen LogP contribution in [0.15, 0.2) is 12.2 Å². The molecule has 0 aromatic carbocycles. The Morgan fingerprint density at radius 3 is 2.54 bits per heavy atom. The number of thiol groups is 1. The Morgan fingerprint density at radius 1 is 1.38 bits per heavy atom. The van der Waals surface area contributed by atoms with Gasteiger partial charge in [0.25, 0.3) is 0 Å². The van der Waals surface area contributed by atoms with Crippen molar-refractivity contribution in [3.05, 3.63) is 12.2 Å². The van der Waals surface area contributed by atoms with Gasteiger partial charge in [-0.3, -0.25) is 4.90 Å². The zero-order valence-corrected chi connectivity index (χ0v) is 9.63. The molecule has 0 bridgehead atoms. The van der Waals surface area contributed by atoms with E-state index >= 15 is 0 Å². The molecule has 0 heterocycles. The molecule has 0 N–H and O–H groups in total. The lowest BCUT2D eigenvalue weighted by molar-refractivity contribution is 0.259. The molecule has 2 heteroatoms. The molecule has 0 amide bonds. The quantitative estimate of drug-likeness (QED) is 0.508. The molecule has 0 aliphatic heterocycles. The van der Waals surface area contributed by atoms with Crippen molar-refractivity contribution in [3.63, 3.8) is 0 Å². The lowest BCUT2D eigenvalue weighted by atomic mass is 10.2. The minimum Gasteiger partial charge on any atom is -0.296 e. The average molecular weight is 199 g/mol. The standard InChI is InChI=1S/C11H21NS/c1-10(2)9-12(11-5-6-11)7-3-4-8-13/h3-4,10-11,13H,5-9H2,1-2H3. The van der Waals surface area contributed by atoms with Gasteiger partial charge in [0.1, 0.15) is 0 Å². The van der Waals surface area contributed by atoms with Crippen LogP contribution in [-0.2, 0) is 0 Å². The predicted octanol–water partition coefficient (Wildman–Crippen LogP) is 2.59. The van der Waals surface area contributed by atoms with Gasteiger partial charge in [-0.2, -0.15) is 12.6 Å². The molecule has 1 fully saturated rings. The van der Waals surface area contributed by atoms with Gasteiger partial charge < -0.3 is 0 Å². The van der Waals surface area contributed by atoms with Gasteiger partial charge in [-0.15, -0.1) is 0 Å². The molecule has 1 aliphatic rings. The maximum Gasteiger partial charge on any atom is 0.0166 e. The fraction of sp³-hybridized carbons (Fsp3) is 0.818. The summed E-state index contributed by atoms with van der Waals surface area (Å²) in [5.41, 5.74) is 0. The third-order valence-electron chi connectivity index (χ3n) is 2.27. The highest BCUT2D eigenvalue weighted by Crippen LogP contribution is 2.27. The fourth-order valence-corrected chi connectivity index (χ4v) is 1.71. The van der Waals surface area contributed by atoms with Gasteiger partial charge in [0.2, 0.25) is 0 Å². The Hall–Kier alpha value is 0.0500. The first-order valence-corrected chi connectivity index (χ1v) is 5.87. The molecule has 0 radical (unpaired) electrons. The van der Waals surface area contributed by atoms with Gasteiger partial charge in [-0.1, -0.05) is 26.0 Å². The summed E-state index contributed by atoms with van der Waals surface area (Å²) >= 11 is 4.16. The first kappa shape index (κ1) is 11.1. The van der Waals surface area contributed by atoms with Crippen LogP contribution in [0.3, 0.4) is 0 Å². The van der Waals surface area contributed by atoms with E-state index in [-0.39, 0.29) is 0 Å². The van der Waals surface area contributed by atoms with Crippen LogP contribution in [0.5, 0.6) is 0 Å². The Morgan fingerprint density at radius 2 is 2.08 bits per heavy atom. The highest BCUT2D eigenvalue weighted by Gasteiger charge is 2.28. The van der Waals surface area contributed by atoms with Crippen molar-refractivity contribution in [2.45, 2.75) is 32.7 Å². The Labute approximate surface area is 87.6 Å². The van der Waals surface area contributed by atoms with E-state index in [1.807, 2.05) is 0 Å². The van der Waals surface area contributed by atoms with E-state index in [0.29, 0.717) is 0 Å². The highest BCUT2D eigenvalue weighted by atomic mass is 32.1. The van der Waals surface area contributed by atoms with Crippen molar-refractivity contribution >= 4 is 12.6 Å². The molecule has 1 nitrogen and oxygen atoms in total. The lowest BCUT2D eigenvalue weighted by Crippen LogP contribution is -2.30. The topological polar surface area (TPSA) is 3.24 Å². The van der Waals surface area contributed by atoms with E-state index in [1.54, 1.807) is 0 Å². The van der Waals surface area contributed by atoms with E-state index in [0.717, 1.165) is 24.3 Å². The number of hydrogen-bond acceptors (Lipinski definition) is 2. The summed E-state index contributed by atoms with van der Waals surface area (Å²) in [6.45, 7) is 6.93. The van der Waals surface area contributed by atoms with Crippen LogP contribution >= 0.6 is 12.6 Å². The summed E-state index contributed by atoms with van der Waals surface area (Å²) in [6.07, 6.45) is 7.19.